The van der Waals surface area contributed by atoms with Gasteiger partial charge in [0.2, 0.25) is 0 Å². The fraction of sp³-hybridized carbons (Fsp3) is 0.875. The van der Waals surface area contributed by atoms with Crippen LogP contribution in [0.2, 0.25) is 0 Å². The van der Waals surface area contributed by atoms with Gasteiger partial charge < -0.3 is 39.4 Å². The van der Waals surface area contributed by atoms with Crippen molar-refractivity contribution in [2.75, 3.05) is 19.8 Å². The second-order valence-corrected chi connectivity index (χ2v) is 16.6. The van der Waals surface area contributed by atoms with E-state index >= 15 is 0 Å². The van der Waals surface area contributed by atoms with E-state index in [4.69, 9.17) is 18.9 Å². The highest BCUT2D eigenvalue weighted by Crippen LogP contribution is 2.23. The Hall–Kier alpha value is -1.82. The van der Waals surface area contributed by atoms with Crippen LogP contribution in [-0.4, -0.2) is 89.0 Å². The molecule has 1 aliphatic rings. The summed E-state index contributed by atoms with van der Waals surface area (Å²) in [7, 11) is 0. The third-order valence-corrected chi connectivity index (χ3v) is 11.1. The maximum Gasteiger partial charge on any atom is 0.306 e. The molecule has 0 spiro atoms. The van der Waals surface area contributed by atoms with Crippen LogP contribution in [0, 0.1) is 0 Å². The van der Waals surface area contributed by atoms with Crippen molar-refractivity contribution < 1.29 is 49.0 Å². The number of aliphatic hydroxyl groups is 4. The summed E-state index contributed by atoms with van der Waals surface area (Å²) in [6.07, 6.45) is 36.1. The van der Waals surface area contributed by atoms with Gasteiger partial charge in [-0.3, -0.25) is 9.59 Å². The molecule has 4 N–H and O–H groups in total. The standard InChI is InChI=1S/C48H88O10/c1-3-5-7-9-11-13-15-17-19-21-23-25-27-29-31-33-35-37-44(51)57-41(40-56-48-47(54)46(53)45(52)42(38-49)58-48)39-55-43(50)36-34-32-30-28-26-24-22-20-18-16-14-12-10-8-6-4-2/h17,19-20,22,41-42,45-49,52-54H,3-16,18,21,23-40H2,1-2H3/b19-17-,22-20-. The van der Waals surface area contributed by atoms with Crippen LogP contribution in [0.1, 0.15) is 213 Å². The predicted molar refractivity (Wildman–Crippen MR) is 233 cm³/mol. The molecule has 1 fully saturated rings. The Labute approximate surface area is 353 Å². The third kappa shape index (κ3) is 30.2. The van der Waals surface area contributed by atoms with Crippen molar-refractivity contribution in [2.24, 2.45) is 0 Å². The van der Waals surface area contributed by atoms with E-state index in [1.165, 1.54) is 116 Å². The minimum Gasteiger partial charge on any atom is -0.462 e. The summed E-state index contributed by atoms with van der Waals surface area (Å²) in [4.78, 5) is 25.4. The van der Waals surface area contributed by atoms with E-state index < -0.39 is 49.4 Å². The molecule has 1 heterocycles. The van der Waals surface area contributed by atoms with Crippen molar-refractivity contribution in [1.82, 2.24) is 0 Å². The van der Waals surface area contributed by atoms with Gasteiger partial charge in [-0.1, -0.05) is 160 Å². The van der Waals surface area contributed by atoms with Gasteiger partial charge in [0.25, 0.3) is 0 Å². The van der Waals surface area contributed by atoms with Gasteiger partial charge in [-0.25, -0.2) is 0 Å². The van der Waals surface area contributed by atoms with Crippen molar-refractivity contribution in [1.29, 1.82) is 0 Å². The predicted octanol–water partition coefficient (Wildman–Crippen LogP) is 10.5. The Kier molecular flexibility index (Phi) is 36.7. The average Bonchev–Trinajstić information content (AvgIpc) is 3.22. The van der Waals surface area contributed by atoms with Crippen molar-refractivity contribution in [2.45, 2.75) is 250 Å². The lowest BCUT2D eigenvalue weighted by Crippen LogP contribution is -2.59. The fourth-order valence-corrected chi connectivity index (χ4v) is 7.24. The first-order chi connectivity index (χ1) is 28.3. The lowest BCUT2D eigenvalue weighted by atomic mass is 9.99. The van der Waals surface area contributed by atoms with E-state index in [1.807, 2.05) is 0 Å². The molecule has 0 aromatic heterocycles. The zero-order valence-electron chi connectivity index (χ0n) is 37.1. The lowest BCUT2D eigenvalue weighted by Gasteiger charge is -2.39. The summed E-state index contributed by atoms with van der Waals surface area (Å²) in [5.41, 5.74) is 0. The molecule has 0 aromatic rings. The van der Waals surface area contributed by atoms with Gasteiger partial charge in [-0.05, 0) is 64.2 Å². The highest BCUT2D eigenvalue weighted by atomic mass is 16.7. The number of rotatable bonds is 40. The topological polar surface area (TPSA) is 152 Å². The van der Waals surface area contributed by atoms with Gasteiger partial charge in [0, 0.05) is 12.8 Å². The smallest absolute Gasteiger partial charge is 0.306 e. The highest BCUT2D eigenvalue weighted by Gasteiger charge is 2.44. The number of carbonyl (C=O) groups excluding carboxylic acids is 2. The number of aliphatic hydroxyl groups excluding tert-OH is 4. The molecule has 6 unspecified atom stereocenters. The van der Waals surface area contributed by atoms with Gasteiger partial charge >= 0.3 is 11.9 Å². The molecule has 0 amide bonds. The Morgan fingerprint density at radius 1 is 0.517 bits per heavy atom. The molecule has 340 valence electrons. The molecule has 0 bridgehead atoms. The number of hydrogen-bond donors (Lipinski definition) is 4. The van der Waals surface area contributed by atoms with Crippen LogP contribution >= 0.6 is 0 Å². The van der Waals surface area contributed by atoms with Crippen LogP contribution in [0.5, 0.6) is 0 Å². The molecule has 0 radical (unpaired) electrons. The Morgan fingerprint density at radius 2 is 0.914 bits per heavy atom. The number of allylic oxidation sites excluding steroid dienone is 4. The monoisotopic (exact) mass is 825 g/mol. The maximum absolute atomic E-state index is 12.8. The van der Waals surface area contributed by atoms with E-state index in [-0.39, 0.29) is 32.0 Å². The van der Waals surface area contributed by atoms with Crippen LogP contribution in [0.4, 0.5) is 0 Å². The molecule has 6 atom stereocenters. The molecule has 0 aliphatic carbocycles. The second-order valence-electron chi connectivity index (χ2n) is 16.6. The molecular formula is C48H88O10. The summed E-state index contributed by atoms with van der Waals surface area (Å²) in [6, 6.07) is 0. The molecule has 1 saturated heterocycles. The number of ether oxygens (including phenoxy) is 4. The SMILES string of the molecule is CCCCCCCC/C=C\CCCCCCCCCC(=O)OC(COC(=O)CCCCCCC/C=C\CCCCCCCCC)COC1OC(CO)C(O)C(O)C1O. The first-order valence-electron chi connectivity index (χ1n) is 23.9. The van der Waals surface area contributed by atoms with Crippen LogP contribution in [-0.2, 0) is 28.5 Å². The summed E-state index contributed by atoms with van der Waals surface area (Å²) in [5.74, 6) is -0.815. The van der Waals surface area contributed by atoms with E-state index in [2.05, 4.69) is 38.2 Å². The van der Waals surface area contributed by atoms with Crippen LogP contribution < -0.4 is 0 Å². The summed E-state index contributed by atoms with van der Waals surface area (Å²) >= 11 is 0. The second kappa shape index (κ2) is 39.3. The summed E-state index contributed by atoms with van der Waals surface area (Å²) < 4.78 is 22.2. The minimum atomic E-state index is -1.59. The van der Waals surface area contributed by atoms with E-state index in [9.17, 15) is 30.0 Å². The fourth-order valence-electron chi connectivity index (χ4n) is 7.24. The van der Waals surface area contributed by atoms with Crippen LogP contribution in [0.25, 0.3) is 0 Å². The molecule has 0 aromatic carbocycles. The molecule has 10 nitrogen and oxygen atoms in total. The molecule has 1 aliphatic heterocycles. The van der Waals surface area contributed by atoms with Crippen molar-refractivity contribution in [3.8, 4) is 0 Å². The normalized spacial score (nSPS) is 20.3. The number of carbonyl (C=O) groups is 2. The zero-order chi connectivity index (χ0) is 42.3. The first-order valence-corrected chi connectivity index (χ1v) is 23.9. The van der Waals surface area contributed by atoms with Crippen LogP contribution in [0.15, 0.2) is 24.3 Å². The number of esters is 2. The van der Waals surface area contributed by atoms with Crippen molar-refractivity contribution in [3.05, 3.63) is 24.3 Å². The van der Waals surface area contributed by atoms with E-state index in [0.29, 0.717) is 6.42 Å². The van der Waals surface area contributed by atoms with Gasteiger partial charge in [-0.15, -0.1) is 0 Å². The number of unbranched alkanes of at least 4 members (excludes halogenated alkanes) is 25. The van der Waals surface area contributed by atoms with Gasteiger partial charge in [0.15, 0.2) is 12.4 Å². The van der Waals surface area contributed by atoms with Gasteiger partial charge in [-0.2, -0.15) is 0 Å². The zero-order valence-corrected chi connectivity index (χ0v) is 37.1. The minimum absolute atomic E-state index is 0.221. The lowest BCUT2D eigenvalue weighted by molar-refractivity contribution is -0.305. The van der Waals surface area contributed by atoms with E-state index in [1.54, 1.807) is 0 Å². The largest absolute Gasteiger partial charge is 0.462 e. The molecule has 58 heavy (non-hydrogen) atoms. The Morgan fingerprint density at radius 3 is 1.34 bits per heavy atom. The van der Waals surface area contributed by atoms with Gasteiger partial charge in [0.1, 0.15) is 31.0 Å². The Balaban J connectivity index is 2.31. The molecule has 0 saturated carbocycles. The highest BCUT2D eigenvalue weighted by molar-refractivity contribution is 5.70. The number of hydrogen-bond acceptors (Lipinski definition) is 10. The quantitative estimate of drug-likeness (QED) is 0.0267. The van der Waals surface area contributed by atoms with Crippen molar-refractivity contribution >= 4 is 11.9 Å². The maximum atomic E-state index is 12.8. The van der Waals surface area contributed by atoms with Crippen molar-refractivity contribution in [3.63, 3.8) is 0 Å². The third-order valence-electron chi connectivity index (χ3n) is 11.1. The summed E-state index contributed by atoms with van der Waals surface area (Å²) in [6.45, 7) is 3.42. The summed E-state index contributed by atoms with van der Waals surface area (Å²) in [5, 5.41) is 40.1. The Bertz CT molecular complexity index is 1000. The first kappa shape index (κ1) is 54.2. The van der Waals surface area contributed by atoms with E-state index in [0.717, 1.165) is 64.2 Å². The van der Waals surface area contributed by atoms with Crippen LogP contribution in [0.3, 0.4) is 0 Å². The molecule has 1 rings (SSSR count). The van der Waals surface area contributed by atoms with Gasteiger partial charge in [0.05, 0.1) is 13.2 Å². The average molecular weight is 825 g/mol. The molecular weight excluding hydrogens is 737 g/mol. The molecule has 10 heteroatoms.